The molecule has 4 rings (SSSR count). The van der Waals surface area contributed by atoms with Gasteiger partial charge in [-0.3, -0.25) is 19.7 Å². The van der Waals surface area contributed by atoms with Crippen LogP contribution in [0, 0.1) is 10.1 Å². The normalized spacial score (nSPS) is 18.3. The Bertz CT molecular complexity index is 938. The monoisotopic (exact) mass is 353 g/mol. The fourth-order valence-corrected chi connectivity index (χ4v) is 4.18. The molecule has 1 aromatic heterocycles. The highest BCUT2D eigenvalue weighted by atomic mass is 16.6. The smallest absolute Gasteiger partial charge is 0.229 e. The van der Waals surface area contributed by atoms with Crippen LogP contribution in [0.4, 0.5) is 0 Å². The second kappa shape index (κ2) is 5.86. The molecular formula is C19H19N3O4. The summed E-state index contributed by atoms with van der Waals surface area (Å²) in [5, 5.41) is 11.8. The number of benzene rings is 1. The lowest BCUT2D eigenvalue weighted by Crippen LogP contribution is -2.43. The lowest BCUT2D eigenvalue weighted by molar-refractivity contribution is -0.574. The maximum Gasteiger partial charge on any atom is 0.229 e. The standard InChI is InChI=1S/C19H19N3O4/c1-21-14(11-19(22(25)26)9-5-2-6-10-19)20-15-16(21)18(24)13-8-4-3-7-12(13)17(15)23/h3-4,7-8H,2,5-6,9-11H2,1H3. The molecule has 0 saturated heterocycles. The van der Waals surface area contributed by atoms with E-state index in [4.69, 9.17) is 0 Å². The number of aromatic nitrogens is 2. The second-order valence-electron chi connectivity index (χ2n) is 7.21. The number of fused-ring (bicyclic) bond motifs is 2. The molecule has 7 nitrogen and oxygen atoms in total. The highest BCUT2D eigenvalue weighted by Gasteiger charge is 2.46. The van der Waals surface area contributed by atoms with Crippen molar-refractivity contribution in [1.29, 1.82) is 0 Å². The van der Waals surface area contributed by atoms with Gasteiger partial charge in [-0.25, -0.2) is 4.98 Å². The number of rotatable bonds is 3. The van der Waals surface area contributed by atoms with E-state index < -0.39 is 5.54 Å². The maximum absolute atomic E-state index is 12.8. The summed E-state index contributed by atoms with van der Waals surface area (Å²) < 4.78 is 1.57. The predicted molar refractivity (Wildman–Crippen MR) is 93.0 cm³/mol. The molecule has 1 fully saturated rings. The van der Waals surface area contributed by atoms with Crippen molar-refractivity contribution in [2.75, 3.05) is 0 Å². The van der Waals surface area contributed by atoms with Gasteiger partial charge in [-0.1, -0.05) is 30.7 Å². The molecule has 0 unspecified atom stereocenters. The van der Waals surface area contributed by atoms with Crippen molar-refractivity contribution in [2.24, 2.45) is 7.05 Å². The lowest BCUT2D eigenvalue weighted by atomic mass is 9.79. The molecule has 2 aliphatic carbocycles. The fourth-order valence-electron chi connectivity index (χ4n) is 4.18. The van der Waals surface area contributed by atoms with E-state index in [9.17, 15) is 19.7 Å². The molecule has 26 heavy (non-hydrogen) atoms. The van der Waals surface area contributed by atoms with Crippen molar-refractivity contribution in [2.45, 2.75) is 44.1 Å². The van der Waals surface area contributed by atoms with Gasteiger partial charge in [-0.2, -0.15) is 0 Å². The van der Waals surface area contributed by atoms with Gasteiger partial charge in [0.15, 0.2) is 0 Å². The van der Waals surface area contributed by atoms with Gasteiger partial charge in [-0.05, 0) is 12.8 Å². The van der Waals surface area contributed by atoms with Crippen LogP contribution in [0.1, 0.15) is 70.0 Å². The first kappa shape index (κ1) is 16.6. The minimum absolute atomic E-state index is 0.112. The molecule has 0 N–H and O–H groups in total. The summed E-state index contributed by atoms with van der Waals surface area (Å²) in [5.74, 6) is -0.116. The van der Waals surface area contributed by atoms with Crippen molar-refractivity contribution in [3.8, 4) is 0 Å². The minimum Gasteiger partial charge on any atom is -0.328 e. The first-order chi connectivity index (χ1) is 12.4. The summed E-state index contributed by atoms with van der Waals surface area (Å²) in [7, 11) is 1.66. The molecule has 0 atom stereocenters. The van der Waals surface area contributed by atoms with E-state index in [1.54, 1.807) is 35.9 Å². The summed E-state index contributed by atoms with van der Waals surface area (Å²) in [5.41, 5.74) is -0.00477. The zero-order valence-electron chi connectivity index (χ0n) is 14.5. The van der Waals surface area contributed by atoms with Crippen molar-refractivity contribution < 1.29 is 14.5 Å². The molecule has 0 radical (unpaired) electrons. The number of hydrogen-bond donors (Lipinski definition) is 0. The van der Waals surface area contributed by atoms with Crippen LogP contribution in [0.2, 0.25) is 0 Å². The van der Waals surface area contributed by atoms with Gasteiger partial charge in [0.25, 0.3) is 0 Å². The van der Waals surface area contributed by atoms with Gasteiger partial charge in [0.05, 0.1) is 6.42 Å². The molecule has 1 saturated carbocycles. The van der Waals surface area contributed by atoms with E-state index in [1.807, 2.05) is 0 Å². The van der Waals surface area contributed by atoms with Gasteiger partial charge in [0, 0.05) is 35.9 Å². The van der Waals surface area contributed by atoms with Crippen LogP contribution in [0.5, 0.6) is 0 Å². The number of nitro groups is 1. The van der Waals surface area contributed by atoms with Gasteiger partial charge < -0.3 is 4.57 Å². The molecule has 134 valence electrons. The quantitative estimate of drug-likeness (QED) is 0.533. The van der Waals surface area contributed by atoms with Gasteiger partial charge in [0.2, 0.25) is 17.1 Å². The lowest BCUT2D eigenvalue weighted by Gasteiger charge is -2.28. The molecule has 1 heterocycles. The Morgan fingerprint density at radius 1 is 1.12 bits per heavy atom. The molecular weight excluding hydrogens is 334 g/mol. The highest BCUT2D eigenvalue weighted by Crippen LogP contribution is 2.35. The van der Waals surface area contributed by atoms with Crippen molar-refractivity contribution in [3.63, 3.8) is 0 Å². The number of imidazole rings is 1. The minimum atomic E-state index is -1.06. The highest BCUT2D eigenvalue weighted by molar-refractivity contribution is 6.27. The van der Waals surface area contributed by atoms with Crippen LogP contribution in [0.3, 0.4) is 0 Å². The SMILES string of the molecule is Cn1c(CC2([N+](=O)[O-])CCCCC2)nc2c1C(=O)c1ccccc1C2=O. The molecule has 2 aromatic rings. The summed E-state index contributed by atoms with van der Waals surface area (Å²) in [6.07, 6.45) is 3.77. The van der Waals surface area contributed by atoms with Gasteiger partial charge in [-0.15, -0.1) is 0 Å². The average Bonchev–Trinajstić information content (AvgIpc) is 2.97. The van der Waals surface area contributed by atoms with Crippen LogP contribution in [0.15, 0.2) is 24.3 Å². The third-order valence-electron chi connectivity index (χ3n) is 5.69. The van der Waals surface area contributed by atoms with E-state index in [0.29, 0.717) is 29.8 Å². The van der Waals surface area contributed by atoms with E-state index >= 15 is 0 Å². The van der Waals surface area contributed by atoms with Crippen molar-refractivity contribution in [3.05, 3.63) is 62.7 Å². The molecule has 7 heteroatoms. The number of carbonyl (C=O) groups excluding carboxylic acids is 2. The molecule has 0 bridgehead atoms. The van der Waals surface area contributed by atoms with E-state index in [-0.39, 0.29) is 34.3 Å². The maximum atomic E-state index is 12.8. The average molecular weight is 353 g/mol. The van der Waals surface area contributed by atoms with E-state index in [0.717, 1.165) is 19.3 Å². The third-order valence-corrected chi connectivity index (χ3v) is 5.69. The third kappa shape index (κ3) is 2.30. The number of carbonyl (C=O) groups is 2. The zero-order valence-corrected chi connectivity index (χ0v) is 14.5. The number of ketones is 2. The molecule has 2 aliphatic rings. The Labute approximate surface area is 150 Å². The first-order valence-electron chi connectivity index (χ1n) is 8.83. The molecule has 0 amide bonds. The molecule has 0 aliphatic heterocycles. The predicted octanol–water partition coefficient (Wildman–Crippen LogP) is 2.72. The fraction of sp³-hybridized carbons (Fsp3) is 0.421. The Morgan fingerprint density at radius 2 is 1.73 bits per heavy atom. The van der Waals surface area contributed by atoms with Crippen LogP contribution >= 0.6 is 0 Å². The zero-order chi connectivity index (χ0) is 18.5. The summed E-state index contributed by atoms with van der Waals surface area (Å²) >= 11 is 0. The van der Waals surface area contributed by atoms with E-state index in [2.05, 4.69) is 4.98 Å². The second-order valence-corrected chi connectivity index (χ2v) is 7.21. The topological polar surface area (TPSA) is 95.1 Å². The van der Waals surface area contributed by atoms with Crippen LogP contribution in [0.25, 0.3) is 0 Å². The number of hydrogen-bond acceptors (Lipinski definition) is 5. The van der Waals surface area contributed by atoms with Crippen LogP contribution in [-0.4, -0.2) is 31.6 Å². The Balaban J connectivity index is 1.78. The Morgan fingerprint density at radius 3 is 2.35 bits per heavy atom. The number of nitrogens with zero attached hydrogens (tertiary/aromatic N) is 3. The van der Waals surface area contributed by atoms with Crippen LogP contribution < -0.4 is 0 Å². The molecule has 1 aromatic carbocycles. The van der Waals surface area contributed by atoms with Crippen molar-refractivity contribution in [1.82, 2.24) is 9.55 Å². The summed E-state index contributed by atoms with van der Waals surface area (Å²) in [6.45, 7) is 0. The Hall–Kier alpha value is -2.83. The Kier molecular flexibility index (Phi) is 3.75. The first-order valence-corrected chi connectivity index (χ1v) is 8.83. The van der Waals surface area contributed by atoms with E-state index in [1.165, 1.54) is 0 Å². The largest absolute Gasteiger partial charge is 0.328 e. The van der Waals surface area contributed by atoms with Gasteiger partial charge in [0.1, 0.15) is 17.2 Å². The molecule has 0 spiro atoms. The summed E-state index contributed by atoms with van der Waals surface area (Å²) in [6, 6.07) is 6.68. The van der Waals surface area contributed by atoms with Crippen LogP contribution in [-0.2, 0) is 13.5 Å². The van der Waals surface area contributed by atoms with Gasteiger partial charge >= 0.3 is 0 Å². The summed E-state index contributed by atoms with van der Waals surface area (Å²) in [4.78, 5) is 41.6. The van der Waals surface area contributed by atoms with Crippen molar-refractivity contribution >= 4 is 11.6 Å².